The average molecular weight is 523 g/mol. The Morgan fingerprint density at radius 2 is 1.95 bits per heavy atom. The number of hydrogen-bond donors (Lipinski definition) is 1. The van der Waals surface area contributed by atoms with Crippen LogP contribution in [0.4, 0.5) is 17.5 Å². The number of aromatic nitrogens is 4. The van der Waals surface area contributed by atoms with Gasteiger partial charge in [0.05, 0.1) is 24.8 Å². The summed E-state index contributed by atoms with van der Waals surface area (Å²) < 4.78 is 7.28. The van der Waals surface area contributed by atoms with Gasteiger partial charge in [0.1, 0.15) is 29.6 Å². The first kappa shape index (κ1) is 24.8. The number of pyridine rings is 2. The molecule has 1 atom stereocenters. The van der Waals surface area contributed by atoms with Gasteiger partial charge < -0.3 is 24.8 Å². The monoisotopic (exact) mass is 522 g/mol. The van der Waals surface area contributed by atoms with E-state index in [1.807, 2.05) is 25.3 Å². The van der Waals surface area contributed by atoms with Gasteiger partial charge in [0.15, 0.2) is 5.82 Å². The zero-order chi connectivity index (χ0) is 27.1. The van der Waals surface area contributed by atoms with Crippen LogP contribution in [0.15, 0.2) is 47.7 Å². The van der Waals surface area contributed by atoms with Crippen LogP contribution in [0.25, 0.3) is 22.0 Å². The molecule has 10 nitrogen and oxygen atoms in total. The Labute approximate surface area is 226 Å². The maximum absolute atomic E-state index is 12.4. The maximum atomic E-state index is 12.4. The van der Waals surface area contributed by atoms with Crippen molar-refractivity contribution >= 4 is 28.4 Å². The van der Waals surface area contributed by atoms with Crippen LogP contribution in [0.3, 0.4) is 0 Å². The third-order valence-corrected chi connectivity index (χ3v) is 7.69. The number of nitrogens with two attached hydrogens (primary N) is 1. The molecular formula is C29H30N8O2. The number of nitriles is 1. The topological polar surface area (TPSA) is 126 Å². The highest BCUT2D eigenvalue weighted by molar-refractivity contribution is 5.95. The predicted octanol–water partition coefficient (Wildman–Crippen LogP) is 3.33. The van der Waals surface area contributed by atoms with Gasteiger partial charge in [-0.3, -0.25) is 4.79 Å². The van der Waals surface area contributed by atoms with Crippen LogP contribution in [0.5, 0.6) is 0 Å². The van der Waals surface area contributed by atoms with E-state index in [9.17, 15) is 10.1 Å². The Morgan fingerprint density at radius 3 is 2.72 bits per heavy atom. The van der Waals surface area contributed by atoms with Crippen LogP contribution in [-0.4, -0.2) is 52.4 Å². The van der Waals surface area contributed by atoms with Crippen LogP contribution in [0, 0.1) is 18.3 Å². The number of nitrogens with zero attached hydrogens (tertiary/aromatic N) is 7. The normalized spacial score (nSPS) is 17.5. The molecule has 2 aliphatic heterocycles. The van der Waals surface area contributed by atoms with Crippen molar-refractivity contribution in [2.75, 3.05) is 48.4 Å². The number of hydrogen-bond acceptors (Lipinski definition) is 9. The van der Waals surface area contributed by atoms with Gasteiger partial charge in [-0.2, -0.15) is 5.26 Å². The van der Waals surface area contributed by atoms with E-state index in [0.29, 0.717) is 30.2 Å². The third-order valence-electron chi connectivity index (χ3n) is 7.69. The Kier molecular flexibility index (Phi) is 6.37. The molecule has 0 saturated carbocycles. The SMILES string of the molecule is Cc1cc(-c2cccc3cc(C4CCCN4c4ncnc(N)c4C#N)c(N4CCOCC4)nc23)cn(C)c1=O. The van der Waals surface area contributed by atoms with Crippen LogP contribution in [0.2, 0.25) is 0 Å². The minimum atomic E-state index is -0.0235. The number of benzene rings is 1. The fraction of sp³-hybridized carbons (Fsp3) is 0.345. The molecule has 0 radical (unpaired) electrons. The summed E-state index contributed by atoms with van der Waals surface area (Å²) in [7, 11) is 1.78. The van der Waals surface area contributed by atoms with Crippen LogP contribution in [-0.2, 0) is 11.8 Å². The maximum Gasteiger partial charge on any atom is 0.253 e. The van der Waals surface area contributed by atoms with Crippen LogP contribution in [0.1, 0.15) is 35.6 Å². The second-order valence-corrected chi connectivity index (χ2v) is 10.1. The van der Waals surface area contributed by atoms with Crippen molar-refractivity contribution in [1.29, 1.82) is 5.26 Å². The smallest absolute Gasteiger partial charge is 0.253 e. The first-order valence-corrected chi connectivity index (χ1v) is 13.2. The summed E-state index contributed by atoms with van der Waals surface area (Å²) in [5.74, 6) is 1.67. The molecule has 1 aromatic carbocycles. The number of aryl methyl sites for hydroxylation is 2. The summed E-state index contributed by atoms with van der Waals surface area (Å²) in [6.07, 6.45) is 5.15. The van der Waals surface area contributed by atoms with Crippen molar-refractivity contribution < 1.29 is 4.74 Å². The standard InChI is InChI=1S/C29H30N8O2/c1-18-13-20(16-35(2)29(18)38)21-6-3-5-19-14-22(28(34-25(19)21)36-9-11-39-12-10-36)24-7-4-8-37(24)27-23(15-30)26(31)32-17-33-27/h3,5-6,13-14,16-17,24H,4,7-12H2,1-2H3,(H2,31,32,33). The quantitative estimate of drug-likeness (QED) is 0.429. The third kappa shape index (κ3) is 4.34. The molecule has 4 aromatic rings. The largest absolute Gasteiger partial charge is 0.382 e. The summed E-state index contributed by atoms with van der Waals surface area (Å²) in [5, 5.41) is 10.8. The van der Waals surface area contributed by atoms with E-state index >= 15 is 0 Å². The molecule has 198 valence electrons. The molecule has 0 bridgehead atoms. The number of ether oxygens (including phenoxy) is 1. The predicted molar refractivity (Wildman–Crippen MR) is 151 cm³/mol. The molecule has 1 unspecified atom stereocenters. The molecule has 39 heavy (non-hydrogen) atoms. The van der Waals surface area contributed by atoms with Crippen molar-refractivity contribution in [2.24, 2.45) is 7.05 Å². The minimum absolute atomic E-state index is 0.00772. The van der Waals surface area contributed by atoms with E-state index in [1.54, 1.807) is 11.6 Å². The van der Waals surface area contributed by atoms with Crippen molar-refractivity contribution in [3.63, 3.8) is 0 Å². The molecule has 2 aliphatic rings. The highest BCUT2D eigenvalue weighted by atomic mass is 16.5. The zero-order valence-corrected chi connectivity index (χ0v) is 22.1. The first-order valence-electron chi connectivity index (χ1n) is 13.2. The van der Waals surface area contributed by atoms with Crippen molar-refractivity contribution in [2.45, 2.75) is 25.8 Å². The Hall–Kier alpha value is -4.49. The molecule has 10 heteroatoms. The Balaban J connectivity index is 1.54. The van der Waals surface area contributed by atoms with E-state index in [4.69, 9.17) is 15.5 Å². The first-order chi connectivity index (χ1) is 19.0. The second kappa shape index (κ2) is 10.0. The molecule has 0 spiro atoms. The number of fused-ring (bicyclic) bond motifs is 1. The van der Waals surface area contributed by atoms with Gasteiger partial charge in [-0.25, -0.2) is 15.0 Å². The van der Waals surface area contributed by atoms with Crippen LogP contribution >= 0.6 is 0 Å². The lowest BCUT2D eigenvalue weighted by molar-refractivity contribution is 0.122. The van der Waals surface area contributed by atoms with Crippen molar-refractivity contribution in [1.82, 2.24) is 19.5 Å². The molecule has 2 N–H and O–H groups in total. The number of morpholine rings is 1. The molecule has 2 saturated heterocycles. The van der Waals surface area contributed by atoms with Gasteiger partial charge >= 0.3 is 0 Å². The second-order valence-electron chi connectivity index (χ2n) is 10.1. The minimum Gasteiger partial charge on any atom is -0.382 e. The van der Waals surface area contributed by atoms with Gasteiger partial charge in [-0.05, 0) is 31.9 Å². The van der Waals surface area contributed by atoms with E-state index in [0.717, 1.165) is 65.9 Å². The van der Waals surface area contributed by atoms with E-state index in [2.05, 4.69) is 44.0 Å². The molecule has 2 fully saturated rings. The highest BCUT2D eigenvalue weighted by Crippen LogP contribution is 2.42. The number of para-hydroxylation sites is 1. The van der Waals surface area contributed by atoms with Crippen LogP contribution < -0.4 is 21.1 Å². The summed E-state index contributed by atoms with van der Waals surface area (Å²) >= 11 is 0. The molecule has 3 aromatic heterocycles. The lowest BCUT2D eigenvalue weighted by Gasteiger charge is -2.34. The van der Waals surface area contributed by atoms with Gasteiger partial charge in [0.2, 0.25) is 0 Å². The molecule has 5 heterocycles. The van der Waals surface area contributed by atoms with Gasteiger partial charge in [0, 0.05) is 60.5 Å². The summed E-state index contributed by atoms with van der Waals surface area (Å²) in [4.78, 5) is 30.7. The summed E-state index contributed by atoms with van der Waals surface area (Å²) in [6.45, 7) is 5.35. The van der Waals surface area contributed by atoms with Gasteiger partial charge in [0.25, 0.3) is 5.56 Å². The van der Waals surface area contributed by atoms with Crippen molar-refractivity contribution in [3.05, 3.63) is 69.9 Å². The summed E-state index contributed by atoms with van der Waals surface area (Å²) in [5.41, 5.74) is 10.9. The molecule has 0 amide bonds. The molecule has 6 rings (SSSR count). The van der Waals surface area contributed by atoms with E-state index < -0.39 is 0 Å². The highest BCUT2D eigenvalue weighted by Gasteiger charge is 2.33. The Bertz CT molecular complexity index is 1640. The van der Waals surface area contributed by atoms with E-state index in [1.165, 1.54) is 6.33 Å². The molecular weight excluding hydrogens is 492 g/mol. The van der Waals surface area contributed by atoms with Gasteiger partial charge in [-0.15, -0.1) is 0 Å². The fourth-order valence-electron chi connectivity index (χ4n) is 5.79. The Morgan fingerprint density at radius 1 is 1.13 bits per heavy atom. The number of rotatable bonds is 4. The van der Waals surface area contributed by atoms with Crippen molar-refractivity contribution in [3.8, 4) is 17.2 Å². The number of nitrogen functional groups attached to an aromatic ring is 1. The zero-order valence-electron chi connectivity index (χ0n) is 22.1. The van der Waals surface area contributed by atoms with E-state index in [-0.39, 0.29) is 17.4 Å². The lowest BCUT2D eigenvalue weighted by Crippen LogP contribution is -2.38. The summed E-state index contributed by atoms with van der Waals surface area (Å²) in [6, 6.07) is 12.5. The fourth-order valence-corrected chi connectivity index (χ4v) is 5.79. The average Bonchev–Trinajstić information content (AvgIpc) is 3.44. The number of anilines is 3. The van der Waals surface area contributed by atoms with Gasteiger partial charge in [-0.1, -0.05) is 18.2 Å². The molecule has 0 aliphatic carbocycles. The lowest BCUT2D eigenvalue weighted by atomic mass is 9.98.